The summed E-state index contributed by atoms with van der Waals surface area (Å²) >= 11 is 6.19. The van der Waals surface area contributed by atoms with E-state index in [9.17, 15) is 18.4 Å². The minimum atomic E-state index is -1.21. The van der Waals surface area contributed by atoms with Gasteiger partial charge in [0.25, 0.3) is 0 Å². The minimum Gasteiger partial charge on any atom is -0.482 e. The second kappa shape index (κ2) is 10.3. The largest absolute Gasteiger partial charge is 0.528 e. The monoisotopic (exact) mass is 507 g/mol. The molecule has 0 aliphatic carbocycles. The van der Waals surface area contributed by atoms with Crippen LogP contribution in [0.4, 0.5) is 13.6 Å². The summed E-state index contributed by atoms with van der Waals surface area (Å²) < 4.78 is 40.7. The topological polar surface area (TPSA) is 103 Å². The molecule has 1 N–H and O–H groups in total. The van der Waals surface area contributed by atoms with E-state index in [4.69, 9.17) is 31.0 Å². The van der Waals surface area contributed by atoms with Crippen molar-refractivity contribution in [1.29, 1.82) is 0 Å². The smallest absolute Gasteiger partial charge is 0.482 e. The summed E-state index contributed by atoms with van der Waals surface area (Å²) in [6, 6.07) is 7.45. The molecule has 0 bridgehead atoms. The number of hydrogen-bond acceptors (Lipinski definition) is 7. The Labute approximate surface area is 203 Å². The van der Waals surface area contributed by atoms with Crippen LogP contribution in [-0.4, -0.2) is 45.2 Å². The molecule has 12 heteroatoms. The van der Waals surface area contributed by atoms with Gasteiger partial charge in [-0.05, 0) is 47.9 Å². The van der Waals surface area contributed by atoms with Gasteiger partial charge in [-0.25, -0.2) is 18.4 Å². The Morgan fingerprint density at radius 1 is 1.20 bits per heavy atom. The second-order valence-corrected chi connectivity index (χ2v) is 8.10. The van der Waals surface area contributed by atoms with Crippen molar-refractivity contribution < 1.29 is 37.8 Å². The van der Waals surface area contributed by atoms with Crippen LogP contribution in [-0.2, 0) is 34.4 Å². The van der Waals surface area contributed by atoms with Gasteiger partial charge in [0.05, 0.1) is 5.69 Å². The molecule has 2 aromatic carbocycles. The van der Waals surface area contributed by atoms with Crippen molar-refractivity contribution in [2.24, 2.45) is 7.05 Å². The first-order valence-corrected chi connectivity index (χ1v) is 10.8. The van der Waals surface area contributed by atoms with Crippen molar-refractivity contribution in [2.45, 2.75) is 19.1 Å². The van der Waals surface area contributed by atoms with Crippen molar-refractivity contribution in [3.05, 3.63) is 81.6 Å². The first-order chi connectivity index (χ1) is 16.7. The maximum atomic E-state index is 14.6. The summed E-state index contributed by atoms with van der Waals surface area (Å²) in [7, 11) is 1.69. The Kier molecular flexibility index (Phi) is 7.17. The molecule has 0 unspecified atom stereocenters. The first-order valence-electron chi connectivity index (χ1n) is 10.4. The van der Waals surface area contributed by atoms with Gasteiger partial charge in [-0.1, -0.05) is 17.7 Å². The average molecular weight is 508 g/mol. The van der Waals surface area contributed by atoms with Gasteiger partial charge < -0.3 is 19.4 Å². The summed E-state index contributed by atoms with van der Waals surface area (Å²) in [6.07, 6.45) is 0.556. The molecule has 4 rings (SSSR count). The third-order valence-electron chi connectivity index (χ3n) is 5.47. The van der Waals surface area contributed by atoms with Crippen LogP contribution in [0.1, 0.15) is 28.4 Å². The number of aliphatic carboxylic acids is 1. The SMILES string of the molecule is Cn1nccc1COC(=O)ON1CCc2c(ccc(F)c2F)[C@H]1c1cc(Cl)ccc1OCC(=O)O. The Balaban J connectivity index is 1.68. The molecule has 1 aliphatic rings. The molecule has 0 saturated carbocycles. The van der Waals surface area contributed by atoms with Gasteiger partial charge in [-0.3, -0.25) is 4.68 Å². The molecular weight excluding hydrogens is 488 g/mol. The van der Waals surface area contributed by atoms with Crippen LogP contribution in [0.5, 0.6) is 5.75 Å². The Hall–Kier alpha value is -3.70. The van der Waals surface area contributed by atoms with Gasteiger partial charge in [-0.2, -0.15) is 5.10 Å². The minimum absolute atomic E-state index is 0.0102. The van der Waals surface area contributed by atoms with Crippen LogP contribution in [0.25, 0.3) is 0 Å². The molecule has 1 atom stereocenters. The lowest BCUT2D eigenvalue weighted by Crippen LogP contribution is -2.39. The maximum absolute atomic E-state index is 14.6. The van der Waals surface area contributed by atoms with Crippen LogP contribution >= 0.6 is 11.6 Å². The lowest BCUT2D eigenvalue weighted by molar-refractivity contribution is -0.153. The number of halogens is 3. The molecule has 0 amide bonds. The van der Waals surface area contributed by atoms with E-state index in [-0.39, 0.29) is 35.9 Å². The molecule has 1 aromatic heterocycles. The number of carbonyl (C=O) groups excluding carboxylic acids is 1. The van der Waals surface area contributed by atoms with Gasteiger partial charge in [0.15, 0.2) is 18.2 Å². The number of carbonyl (C=O) groups is 2. The van der Waals surface area contributed by atoms with Gasteiger partial charge in [0, 0.05) is 30.4 Å². The Morgan fingerprint density at radius 2 is 2.00 bits per heavy atom. The predicted molar refractivity (Wildman–Crippen MR) is 118 cm³/mol. The molecule has 1 aliphatic heterocycles. The molecule has 2 heterocycles. The van der Waals surface area contributed by atoms with E-state index in [2.05, 4.69) is 5.10 Å². The number of hydrogen-bond donors (Lipinski definition) is 1. The lowest BCUT2D eigenvalue weighted by atomic mass is 9.88. The van der Waals surface area contributed by atoms with Gasteiger partial charge in [0.2, 0.25) is 0 Å². The highest BCUT2D eigenvalue weighted by Crippen LogP contribution is 2.41. The van der Waals surface area contributed by atoms with Crippen molar-refractivity contribution in [1.82, 2.24) is 14.8 Å². The van der Waals surface area contributed by atoms with Gasteiger partial charge in [0.1, 0.15) is 18.4 Å². The Morgan fingerprint density at radius 3 is 2.71 bits per heavy atom. The summed E-state index contributed by atoms with van der Waals surface area (Å²) in [5.74, 6) is -3.12. The number of aryl methyl sites for hydroxylation is 1. The van der Waals surface area contributed by atoms with Crippen molar-refractivity contribution >= 4 is 23.7 Å². The van der Waals surface area contributed by atoms with Crippen molar-refractivity contribution in [3.8, 4) is 5.75 Å². The molecule has 3 aromatic rings. The number of ether oxygens (including phenoxy) is 2. The molecule has 9 nitrogen and oxygen atoms in total. The van der Waals surface area contributed by atoms with Crippen LogP contribution in [0, 0.1) is 11.6 Å². The summed E-state index contributed by atoms with van der Waals surface area (Å²) in [4.78, 5) is 29.0. The fourth-order valence-electron chi connectivity index (χ4n) is 3.85. The maximum Gasteiger partial charge on any atom is 0.528 e. The van der Waals surface area contributed by atoms with E-state index >= 15 is 0 Å². The summed E-state index contributed by atoms with van der Waals surface area (Å²) in [6.45, 7) is -0.766. The van der Waals surface area contributed by atoms with E-state index < -0.39 is 36.4 Å². The zero-order valence-electron chi connectivity index (χ0n) is 18.4. The fraction of sp³-hybridized carbons (Fsp3) is 0.261. The number of nitrogens with zero attached hydrogens (tertiary/aromatic N) is 3. The van der Waals surface area contributed by atoms with Crippen LogP contribution in [0.15, 0.2) is 42.6 Å². The fourth-order valence-corrected chi connectivity index (χ4v) is 4.03. The number of fused-ring (bicyclic) bond motifs is 1. The molecule has 0 fully saturated rings. The van der Waals surface area contributed by atoms with E-state index in [0.29, 0.717) is 16.8 Å². The molecule has 184 valence electrons. The third-order valence-corrected chi connectivity index (χ3v) is 5.70. The zero-order valence-corrected chi connectivity index (χ0v) is 19.2. The zero-order chi connectivity index (χ0) is 25.1. The molecule has 0 radical (unpaired) electrons. The van der Waals surface area contributed by atoms with Crippen LogP contribution in [0.2, 0.25) is 5.02 Å². The number of carboxylic acids is 1. The predicted octanol–water partition coefficient (Wildman–Crippen LogP) is 4.03. The highest BCUT2D eigenvalue weighted by molar-refractivity contribution is 6.30. The summed E-state index contributed by atoms with van der Waals surface area (Å²) in [5.41, 5.74) is 1.32. The number of carboxylic acid groups (broad SMARTS) is 1. The third kappa shape index (κ3) is 5.36. The molecule has 35 heavy (non-hydrogen) atoms. The molecule has 0 saturated heterocycles. The number of hydroxylamine groups is 2. The standard InChI is InChI=1S/C23H20ClF2N3O6/c1-28-14(6-8-27-28)11-34-23(32)35-29-9-7-15-16(3-4-18(25)21(15)26)22(29)17-10-13(24)2-5-19(17)33-12-20(30)31/h2-6,8,10,22H,7,9,11-12H2,1H3,(H,30,31)/t22-/m0/s1. The number of aromatic nitrogens is 2. The normalized spacial score (nSPS) is 15.4. The average Bonchev–Trinajstić information content (AvgIpc) is 3.23. The van der Waals surface area contributed by atoms with Crippen molar-refractivity contribution in [3.63, 3.8) is 0 Å². The van der Waals surface area contributed by atoms with E-state index in [0.717, 1.165) is 6.07 Å². The highest BCUT2D eigenvalue weighted by Gasteiger charge is 2.36. The van der Waals surface area contributed by atoms with Crippen molar-refractivity contribution in [2.75, 3.05) is 13.2 Å². The van der Waals surface area contributed by atoms with E-state index in [1.165, 1.54) is 34.0 Å². The number of benzene rings is 2. The summed E-state index contributed by atoms with van der Waals surface area (Å²) in [5, 5.41) is 14.5. The number of rotatable bonds is 7. The Bertz CT molecular complexity index is 1270. The highest BCUT2D eigenvalue weighted by atomic mass is 35.5. The van der Waals surface area contributed by atoms with Crippen LogP contribution < -0.4 is 4.74 Å². The van der Waals surface area contributed by atoms with Gasteiger partial charge in [-0.15, -0.1) is 5.06 Å². The quantitative estimate of drug-likeness (QED) is 0.478. The molecular formula is C23H20ClF2N3O6. The van der Waals surface area contributed by atoms with Crippen LogP contribution in [0.3, 0.4) is 0 Å². The van der Waals surface area contributed by atoms with E-state index in [1.54, 1.807) is 19.3 Å². The van der Waals surface area contributed by atoms with Gasteiger partial charge >= 0.3 is 12.1 Å². The second-order valence-electron chi connectivity index (χ2n) is 7.66. The lowest BCUT2D eigenvalue weighted by Gasteiger charge is -2.36. The molecule has 0 spiro atoms. The van der Waals surface area contributed by atoms with E-state index in [1.807, 2.05) is 0 Å². The first kappa shape index (κ1) is 24.4.